The van der Waals surface area contributed by atoms with Gasteiger partial charge in [0.15, 0.2) is 5.82 Å². The zero-order chi connectivity index (χ0) is 19.6. The van der Waals surface area contributed by atoms with Crippen LogP contribution in [0.1, 0.15) is 36.2 Å². The molecular formula is C17H21N5O4S. The normalized spacial score (nSPS) is 12.7. The van der Waals surface area contributed by atoms with Gasteiger partial charge in [0.2, 0.25) is 10.8 Å². The summed E-state index contributed by atoms with van der Waals surface area (Å²) in [5.74, 6) is 0.652. The maximum absolute atomic E-state index is 10.9. The quantitative estimate of drug-likeness (QED) is 0.447. The Balaban J connectivity index is 2.10. The second-order valence-corrected chi connectivity index (χ2v) is 6.98. The number of nitro benzene ring substituents is 1. The summed E-state index contributed by atoms with van der Waals surface area (Å²) in [5, 5.41) is 35.5. The van der Waals surface area contributed by atoms with Gasteiger partial charge in [0, 0.05) is 25.1 Å². The predicted molar refractivity (Wildman–Crippen MR) is 101 cm³/mol. The minimum Gasteiger partial charge on any atom is -0.492 e. The van der Waals surface area contributed by atoms with E-state index in [1.165, 1.54) is 28.0 Å². The van der Waals surface area contributed by atoms with Crippen LogP contribution in [0.5, 0.6) is 5.88 Å². The second kappa shape index (κ2) is 7.99. The molecule has 9 nitrogen and oxygen atoms in total. The summed E-state index contributed by atoms with van der Waals surface area (Å²) < 4.78 is 1.42. The number of rotatable bonds is 8. The average molecular weight is 391 g/mol. The minimum absolute atomic E-state index is 0.00180. The number of aliphatic hydroxyl groups is 1. The van der Waals surface area contributed by atoms with Crippen LogP contribution in [0.2, 0.25) is 0 Å². The van der Waals surface area contributed by atoms with E-state index in [0.29, 0.717) is 35.2 Å². The molecule has 0 spiro atoms. The number of hydrogen-bond donors (Lipinski definition) is 2. The van der Waals surface area contributed by atoms with Crippen LogP contribution < -0.4 is 0 Å². The van der Waals surface area contributed by atoms with Gasteiger partial charge < -0.3 is 10.2 Å². The van der Waals surface area contributed by atoms with Crippen molar-refractivity contribution in [3.63, 3.8) is 0 Å². The highest BCUT2D eigenvalue weighted by atomic mass is 32.1. The molecule has 0 aliphatic heterocycles. The van der Waals surface area contributed by atoms with Crippen molar-refractivity contribution in [2.75, 3.05) is 19.7 Å². The van der Waals surface area contributed by atoms with Gasteiger partial charge in [-0.1, -0.05) is 37.3 Å². The van der Waals surface area contributed by atoms with Crippen molar-refractivity contribution in [1.82, 2.24) is 19.5 Å². The number of nitrogens with zero attached hydrogens (tertiary/aromatic N) is 5. The lowest BCUT2D eigenvalue weighted by Gasteiger charge is -2.29. The largest absolute Gasteiger partial charge is 0.492 e. The fourth-order valence-corrected chi connectivity index (χ4v) is 4.16. The van der Waals surface area contributed by atoms with Crippen LogP contribution in [0, 0.1) is 10.1 Å². The van der Waals surface area contributed by atoms with E-state index < -0.39 is 4.92 Å². The minimum atomic E-state index is -0.447. The molecule has 2 N–H and O–H groups in total. The topological polar surface area (TPSA) is 117 Å². The zero-order valence-corrected chi connectivity index (χ0v) is 15.9. The highest BCUT2D eigenvalue weighted by molar-refractivity contribution is 7.17. The molecule has 0 aliphatic rings. The molecule has 3 aromatic rings. The van der Waals surface area contributed by atoms with Crippen LogP contribution in [-0.2, 0) is 6.42 Å². The van der Waals surface area contributed by atoms with Crippen molar-refractivity contribution in [2.45, 2.75) is 26.3 Å². The molecule has 0 bridgehead atoms. The Kier molecular flexibility index (Phi) is 5.68. The third kappa shape index (κ3) is 3.64. The van der Waals surface area contributed by atoms with Crippen LogP contribution in [-0.4, -0.2) is 54.3 Å². The molecule has 0 amide bonds. The van der Waals surface area contributed by atoms with E-state index in [4.69, 9.17) is 0 Å². The Labute approximate surface area is 159 Å². The Morgan fingerprint density at radius 1 is 1.33 bits per heavy atom. The number of aromatic nitrogens is 3. The first kappa shape index (κ1) is 19.2. The number of fused-ring (bicyclic) bond motifs is 1. The zero-order valence-electron chi connectivity index (χ0n) is 15.1. The van der Waals surface area contributed by atoms with Crippen molar-refractivity contribution in [3.8, 4) is 5.88 Å². The molecule has 0 radical (unpaired) electrons. The van der Waals surface area contributed by atoms with E-state index >= 15 is 0 Å². The van der Waals surface area contributed by atoms with E-state index in [1.807, 2.05) is 18.7 Å². The Bertz CT molecular complexity index is 937. The first-order valence-corrected chi connectivity index (χ1v) is 9.48. The number of aliphatic hydroxyl groups excluding tert-OH is 1. The standard InChI is InChI=1S/C17H21N5O4S/c1-3-13-18-17-21(19-13)16(24)15(27-17)14(20(4-2)9-10-23)11-5-7-12(8-6-11)22(25)26/h5-8,14,23-24H,3-4,9-10H2,1-2H3. The van der Waals surface area contributed by atoms with Crippen LogP contribution in [0.4, 0.5) is 5.69 Å². The lowest BCUT2D eigenvalue weighted by molar-refractivity contribution is -0.384. The maximum Gasteiger partial charge on any atom is 0.269 e. The number of aryl methyl sites for hydroxylation is 1. The molecular weight excluding hydrogens is 370 g/mol. The van der Waals surface area contributed by atoms with Gasteiger partial charge in [0.05, 0.1) is 22.4 Å². The number of likely N-dealkylation sites (N-methyl/N-ethyl adjacent to an activating group) is 1. The number of aromatic hydroxyl groups is 1. The number of hydrogen-bond acceptors (Lipinski definition) is 8. The average Bonchev–Trinajstić information content (AvgIpc) is 3.21. The smallest absolute Gasteiger partial charge is 0.269 e. The van der Waals surface area contributed by atoms with Crippen LogP contribution in [0.3, 0.4) is 0 Å². The first-order valence-electron chi connectivity index (χ1n) is 8.66. The van der Waals surface area contributed by atoms with Crippen LogP contribution in [0.25, 0.3) is 4.96 Å². The molecule has 0 aliphatic carbocycles. The molecule has 0 saturated carbocycles. The third-order valence-electron chi connectivity index (χ3n) is 4.39. The van der Waals surface area contributed by atoms with Gasteiger partial charge in [-0.3, -0.25) is 15.0 Å². The van der Waals surface area contributed by atoms with Gasteiger partial charge >= 0.3 is 0 Å². The predicted octanol–water partition coefficient (Wildman–Crippen LogP) is 2.37. The lowest BCUT2D eigenvalue weighted by Crippen LogP contribution is -2.31. The van der Waals surface area contributed by atoms with Crippen molar-refractivity contribution in [2.24, 2.45) is 0 Å². The van der Waals surface area contributed by atoms with E-state index in [1.54, 1.807) is 12.1 Å². The second-order valence-electron chi connectivity index (χ2n) is 5.97. The van der Waals surface area contributed by atoms with Crippen molar-refractivity contribution >= 4 is 22.0 Å². The number of nitro groups is 1. The van der Waals surface area contributed by atoms with E-state index in [0.717, 1.165) is 5.56 Å². The molecule has 27 heavy (non-hydrogen) atoms. The molecule has 1 aromatic carbocycles. The summed E-state index contributed by atoms with van der Waals surface area (Å²) >= 11 is 1.33. The van der Waals surface area contributed by atoms with Crippen molar-refractivity contribution < 1.29 is 15.1 Å². The highest BCUT2D eigenvalue weighted by Gasteiger charge is 2.29. The molecule has 2 aromatic heterocycles. The monoisotopic (exact) mass is 391 g/mol. The Hall–Kier alpha value is -2.56. The number of non-ortho nitro benzene ring substituents is 1. The van der Waals surface area contributed by atoms with Gasteiger partial charge in [0.1, 0.15) is 0 Å². The van der Waals surface area contributed by atoms with Gasteiger partial charge in [-0.25, -0.2) is 4.98 Å². The molecule has 144 valence electrons. The van der Waals surface area contributed by atoms with Gasteiger partial charge in [0.25, 0.3) is 5.69 Å². The van der Waals surface area contributed by atoms with Gasteiger partial charge in [-0.2, -0.15) is 4.52 Å². The van der Waals surface area contributed by atoms with E-state index in [-0.39, 0.29) is 24.2 Å². The van der Waals surface area contributed by atoms with Crippen molar-refractivity contribution in [3.05, 3.63) is 50.6 Å². The molecule has 0 saturated heterocycles. The molecule has 2 heterocycles. The molecule has 3 rings (SSSR count). The summed E-state index contributed by atoms with van der Waals surface area (Å²) in [6, 6.07) is 5.86. The SMILES string of the molecule is CCc1nc2sc(C(c3ccc([N+](=O)[O-])cc3)N(CC)CCO)c(O)n2n1. The fraction of sp³-hybridized carbons (Fsp3) is 0.412. The van der Waals surface area contributed by atoms with Crippen LogP contribution >= 0.6 is 11.3 Å². The molecule has 0 fully saturated rings. The van der Waals surface area contributed by atoms with Crippen molar-refractivity contribution in [1.29, 1.82) is 0 Å². The summed E-state index contributed by atoms with van der Waals surface area (Å²) in [6.45, 7) is 4.87. The Morgan fingerprint density at radius 3 is 2.56 bits per heavy atom. The number of benzene rings is 1. The summed E-state index contributed by atoms with van der Waals surface area (Å²) in [6.07, 6.45) is 0.667. The van der Waals surface area contributed by atoms with E-state index in [2.05, 4.69) is 10.1 Å². The summed E-state index contributed by atoms with van der Waals surface area (Å²) in [5.41, 5.74) is 0.786. The summed E-state index contributed by atoms with van der Waals surface area (Å²) in [4.78, 5) is 18.1. The fourth-order valence-electron chi connectivity index (χ4n) is 3.02. The highest BCUT2D eigenvalue weighted by Crippen LogP contribution is 2.40. The van der Waals surface area contributed by atoms with Gasteiger partial charge in [-0.15, -0.1) is 5.10 Å². The summed E-state index contributed by atoms with van der Waals surface area (Å²) in [7, 11) is 0. The molecule has 10 heteroatoms. The van der Waals surface area contributed by atoms with Crippen LogP contribution in [0.15, 0.2) is 24.3 Å². The third-order valence-corrected chi connectivity index (χ3v) is 5.46. The van der Waals surface area contributed by atoms with E-state index in [9.17, 15) is 20.3 Å². The van der Waals surface area contributed by atoms with Gasteiger partial charge in [-0.05, 0) is 12.1 Å². The first-order chi connectivity index (χ1) is 13.0. The lowest BCUT2D eigenvalue weighted by atomic mass is 10.0. The Morgan fingerprint density at radius 2 is 2.04 bits per heavy atom. The molecule has 1 atom stereocenters. The number of thiazole rings is 1. The maximum atomic E-state index is 10.9. The molecule has 1 unspecified atom stereocenters.